The molecule has 0 aliphatic rings. The Bertz CT molecular complexity index is 1150. The van der Waals surface area contributed by atoms with Gasteiger partial charge in [0.1, 0.15) is 17.7 Å². The molecule has 0 saturated carbocycles. The van der Waals surface area contributed by atoms with Crippen molar-refractivity contribution < 1.29 is 35.1 Å². The molecule has 3 rings (SSSR count). The quantitative estimate of drug-likeness (QED) is 0.408. The summed E-state index contributed by atoms with van der Waals surface area (Å²) >= 11 is 0. The van der Waals surface area contributed by atoms with Gasteiger partial charge in [-0.15, -0.1) is 0 Å². The number of nitrogens with zero attached hydrogens (tertiary/aromatic N) is 1. The summed E-state index contributed by atoms with van der Waals surface area (Å²) in [6.45, 7) is 5.55. The molecule has 2 nitrogen and oxygen atoms in total. The smallest absolute Gasteiger partial charge is 0.347 e. The second-order valence-corrected chi connectivity index (χ2v) is 8.80. The highest BCUT2D eigenvalue weighted by Gasteiger charge is 2.40. The fourth-order valence-corrected chi connectivity index (χ4v) is 3.63. The first-order valence-electron chi connectivity index (χ1n) is 9.51. The van der Waals surface area contributed by atoms with E-state index in [1.807, 2.05) is 0 Å². The lowest BCUT2D eigenvalue weighted by atomic mass is 9.95. The standard InChI is InChI=1S/C22H20F8N2/c1-20(2,3)10-32-9-13(19(31)22(28,29)30)11-7-16(24)12(8-17(11)32)18-14(21(25,26)27)5-4-6-15(18)23/h4-9,19H,10,31H2,1-3H3/t19-/m0/s1. The van der Waals surface area contributed by atoms with Crippen LogP contribution < -0.4 is 5.73 Å². The molecule has 1 aromatic heterocycles. The van der Waals surface area contributed by atoms with E-state index in [1.54, 1.807) is 20.8 Å². The molecule has 174 valence electrons. The lowest BCUT2D eigenvalue weighted by Crippen LogP contribution is -2.28. The Morgan fingerprint density at radius 1 is 0.938 bits per heavy atom. The molecular formula is C22H20F8N2. The van der Waals surface area contributed by atoms with Gasteiger partial charge in [0.15, 0.2) is 0 Å². The van der Waals surface area contributed by atoms with Gasteiger partial charge in [-0.2, -0.15) is 26.3 Å². The van der Waals surface area contributed by atoms with Crippen molar-refractivity contribution in [3.05, 3.63) is 59.3 Å². The number of alkyl halides is 6. The van der Waals surface area contributed by atoms with E-state index >= 15 is 0 Å². The van der Waals surface area contributed by atoms with E-state index in [4.69, 9.17) is 5.73 Å². The van der Waals surface area contributed by atoms with Gasteiger partial charge in [0.05, 0.1) is 5.56 Å². The summed E-state index contributed by atoms with van der Waals surface area (Å²) in [7, 11) is 0. The van der Waals surface area contributed by atoms with Crippen LogP contribution in [0.2, 0.25) is 0 Å². The molecule has 0 aliphatic carbocycles. The summed E-state index contributed by atoms with van der Waals surface area (Å²) < 4.78 is 111. The van der Waals surface area contributed by atoms with Crippen LogP contribution in [0.25, 0.3) is 22.0 Å². The lowest BCUT2D eigenvalue weighted by molar-refractivity contribution is -0.148. The van der Waals surface area contributed by atoms with Gasteiger partial charge in [0.2, 0.25) is 0 Å². The zero-order valence-electron chi connectivity index (χ0n) is 17.3. The number of rotatable bonds is 3. The highest BCUT2D eigenvalue weighted by Crippen LogP contribution is 2.42. The topological polar surface area (TPSA) is 30.9 Å². The van der Waals surface area contributed by atoms with Gasteiger partial charge in [-0.05, 0) is 29.7 Å². The minimum atomic E-state index is -4.98. The molecule has 2 aromatic carbocycles. The largest absolute Gasteiger partial charge is 0.417 e. The average molecular weight is 464 g/mol. The van der Waals surface area contributed by atoms with Gasteiger partial charge in [-0.25, -0.2) is 8.78 Å². The number of hydrogen-bond donors (Lipinski definition) is 1. The molecule has 0 bridgehead atoms. The maximum Gasteiger partial charge on any atom is 0.417 e. The lowest BCUT2D eigenvalue weighted by Gasteiger charge is -2.20. The zero-order valence-corrected chi connectivity index (χ0v) is 17.3. The Hall–Kier alpha value is -2.62. The van der Waals surface area contributed by atoms with Crippen molar-refractivity contribution in [2.24, 2.45) is 11.1 Å². The maximum absolute atomic E-state index is 15.0. The first-order valence-corrected chi connectivity index (χ1v) is 9.51. The van der Waals surface area contributed by atoms with Crippen LogP contribution in [0.5, 0.6) is 0 Å². The number of aromatic nitrogens is 1. The van der Waals surface area contributed by atoms with Crippen molar-refractivity contribution in [1.29, 1.82) is 0 Å². The van der Waals surface area contributed by atoms with Crippen LogP contribution in [0.1, 0.15) is 37.9 Å². The number of fused-ring (bicyclic) bond motifs is 1. The third-order valence-electron chi connectivity index (χ3n) is 4.92. The van der Waals surface area contributed by atoms with Crippen LogP contribution in [0.15, 0.2) is 36.5 Å². The molecule has 2 N–H and O–H groups in total. The summed E-state index contributed by atoms with van der Waals surface area (Å²) in [5.41, 5.74) is 1.39. The van der Waals surface area contributed by atoms with Crippen LogP contribution in [-0.2, 0) is 12.7 Å². The summed E-state index contributed by atoms with van der Waals surface area (Å²) in [6, 6.07) is 1.40. The van der Waals surface area contributed by atoms with Crippen LogP contribution in [0.4, 0.5) is 35.1 Å². The van der Waals surface area contributed by atoms with Gasteiger partial charge >= 0.3 is 12.4 Å². The highest BCUT2D eigenvalue weighted by atomic mass is 19.4. The summed E-state index contributed by atoms with van der Waals surface area (Å²) in [5, 5.41) is -0.203. The molecule has 3 aromatic rings. The molecular weight excluding hydrogens is 444 g/mol. The minimum Gasteiger partial charge on any atom is -0.347 e. The van der Waals surface area contributed by atoms with Crippen molar-refractivity contribution in [3.8, 4) is 11.1 Å². The third kappa shape index (κ3) is 4.60. The van der Waals surface area contributed by atoms with E-state index in [9.17, 15) is 35.1 Å². The molecule has 0 aliphatic heterocycles. The molecule has 0 unspecified atom stereocenters. The Morgan fingerprint density at radius 2 is 1.56 bits per heavy atom. The second-order valence-electron chi connectivity index (χ2n) is 8.80. The van der Waals surface area contributed by atoms with E-state index in [0.717, 1.165) is 24.4 Å². The average Bonchev–Trinajstić information content (AvgIpc) is 2.94. The molecule has 0 amide bonds. The van der Waals surface area contributed by atoms with E-state index in [1.165, 1.54) is 4.57 Å². The highest BCUT2D eigenvalue weighted by molar-refractivity contribution is 5.90. The van der Waals surface area contributed by atoms with Crippen LogP contribution >= 0.6 is 0 Å². The van der Waals surface area contributed by atoms with Gasteiger partial charge in [-0.1, -0.05) is 26.8 Å². The van der Waals surface area contributed by atoms with Crippen molar-refractivity contribution in [2.75, 3.05) is 0 Å². The van der Waals surface area contributed by atoms with Gasteiger partial charge < -0.3 is 10.3 Å². The first-order chi connectivity index (χ1) is 14.5. The summed E-state index contributed by atoms with van der Waals surface area (Å²) in [5.74, 6) is -2.60. The van der Waals surface area contributed by atoms with E-state index in [2.05, 4.69) is 0 Å². The molecule has 1 heterocycles. The van der Waals surface area contributed by atoms with E-state index < -0.39 is 57.7 Å². The van der Waals surface area contributed by atoms with E-state index in [0.29, 0.717) is 12.1 Å². The van der Waals surface area contributed by atoms with Gasteiger partial charge in [0, 0.05) is 40.3 Å². The van der Waals surface area contributed by atoms with Crippen LogP contribution in [0.3, 0.4) is 0 Å². The normalized spacial score (nSPS) is 14.2. The van der Waals surface area contributed by atoms with Gasteiger partial charge in [-0.3, -0.25) is 0 Å². The Kier molecular flexibility index (Phi) is 5.82. The van der Waals surface area contributed by atoms with Crippen molar-refractivity contribution in [3.63, 3.8) is 0 Å². The van der Waals surface area contributed by atoms with Crippen molar-refractivity contribution >= 4 is 10.9 Å². The third-order valence-corrected chi connectivity index (χ3v) is 4.92. The Labute approximate surface area is 178 Å². The molecule has 0 radical (unpaired) electrons. The fraction of sp³-hybridized carbons (Fsp3) is 0.364. The first kappa shape index (κ1) is 24.0. The molecule has 1 atom stereocenters. The molecule has 0 spiro atoms. The minimum absolute atomic E-state index is 0.0161. The summed E-state index contributed by atoms with van der Waals surface area (Å²) in [4.78, 5) is 0. The van der Waals surface area contributed by atoms with Crippen molar-refractivity contribution in [1.82, 2.24) is 4.57 Å². The fourth-order valence-electron chi connectivity index (χ4n) is 3.63. The predicted octanol–water partition coefficient (Wildman–Crippen LogP) is 7.21. The zero-order chi connectivity index (χ0) is 24.2. The molecule has 0 saturated heterocycles. The number of hydrogen-bond acceptors (Lipinski definition) is 1. The molecule has 0 fully saturated rings. The monoisotopic (exact) mass is 464 g/mol. The Morgan fingerprint density at radius 3 is 2.09 bits per heavy atom. The summed E-state index contributed by atoms with van der Waals surface area (Å²) in [6.07, 6.45) is -8.69. The van der Waals surface area contributed by atoms with E-state index in [-0.39, 0.29) is 17.4 Å². The van der Waals surface area contributed by atoms with Crippen molar-refractivity contribution in [2.45, 2.75) is 45.7 Å². The molecule has 10 heteroatoms. The number of halogens is 8. The van der Waals surface area contributed by atoms with Crippen LogP contribution in [-0.4, -0.2) is 10.7 Å². The SMILES string of the molecule is CC(C)(C)Cn1cc([C@H](N)C(F)(F)F)c2cc(F)c(-c3c(F)cccc3C(F)(F)F)cc21. The van der Waals surface area contributed by atoms with Crippen LogP contribution in [0, 0.1) is 17.0 Å². The predicted molar refractivity (Wildman–Crippen MR) is 105 cm³/mol. The van der Waals surface area contributed by atoms with Gasteiger partial charge in [0.25, 0.3) is 0 Å². The maximum atomic E-state index is 15.0. The molecule has 32 heavy (non-hydrogen) atoms. The number of nitrogens with two attached hydrogens (primary N) is 1. The number of benzene rings is 2. The second kappa shape index (κ2) is 7.75. The Balaban J connectivity index is 2.37.